The lowest BCUT2D eigenvalue weighted by Crippen LogP contribution is -2.18. The number of nitrogen functional groups attached to an aromatic ring is 1. The Bertz CT molecular complexity index is 662. The molecule has 0 unspecified atom stereocenters. The SMILES string of the molecule is CNC(=O)c1ccc(N)cc1Oc1cc(Br)ccc1Cl. The van der Waals surface area contributed by atoms with Gasteiger partial charge < -0.3 is 15.8 Å². The molecule has 0 aliphatic rings. The molecule has 2 aromatic rings. The minimum Gasteiger partial charge on any atom is -0.455 e. The quantitative estimate of drug-likeness (QED) is 0.822. The molecule has 0 radical (unpaired) electrons. The first kappa shape index (κ1) is 14.7. The summed E-state index contributed by atoms with van der Waals surface area (Å²) in [6, 6.07) is 10.1. The molecule has 0 aromatic heterocycles. The van der Waals surface area contributed by atoms with Gasteiger partial charge in [-0.1, -0.05) is 27.5 Å². The first-order chi connectivity index (χ1) is 9.51. The van der Waals surface area contributed by atoms with E-state index in [0.717, 1.165) is 4.47 Å². The Morgan fingerprint density at radius 1 is 1.25 bits per heavy atom. The van der Waals surface area contributed by atoms with Crippen molar-refractivity contribution in [2.45, 2.75) is 0 Å². The highest BCUT2D eigenvalue weighted by Gasteiger charge is 2.14. The fourth-order valence-electron chi connectivity index (χ4n) is 1.62. The summed E-state index contributed by atoms with van der Waals surface area (Å²) in [5.74, 6) is 0.535. The summed E-state index contributed by atoms with van der Waals surface area (Å²) in [5.41, 5.74) is 6.62. The van der Waals surface area contributed by atoms with E-state index in [1.54, 1.807) is 43.4 Å². The van der Waals surface area contributed by atoms with Crippen LogP contribution < -0.4 is 15.8 Å². The molecule has 4 nitrogen and oxygen atoms in total. The molecule has 3 N–H and O–H groups in total. The fraction of sp³-hybridized carbons (Fsp3) is 0.0714. The number of hydrogen-bond acceptors (Lipinski definition) is 3. The van der Waals surface area contributed by atoms with Crippen LogP contribution in [0.5, 0.6) is 11.5 Å². The van der Waals surface area contributed by atoms with Crippen molar-refractivity contribution in [2.75, 3.05) is 12.8 Å². The van der Waals surface area contributed by atoms with Gasteiger partial charge in [0.1, 0.15) is 11.5 Å². The Morgan fingerprint density at radius 3 is 2.70 bits per heavy atom. The molecule has 2 aromatic carbocycles. The number of nitrogens with two attached hydrogens (primary N) is 1. The number of anilines is 1. The lowest BCUT2D eigenvalue weighted by molar-refractivity contribution is 0.0961. The van der Waals surface area contributed by atoms with Crippen molar-refractivity contribution in [1.29, 1.82) is 0 Å². The Hall–Kier alpha value is -1.72. The lowest BCUT2D eigenvalue weighted by atomic mass is 10.1. The molecule has 0 saturated heterocycles. The van der Waals surface area contributed by atoms with Crippen LogP contribution >= 0.6 is 27.5 Å². The monoisotopic (exact) mass is 354 g/mol. The molecule has 0 aliphatic heterocycles. The predicted octanol–water partition coefficient (Wildman–Crippen LogP) is 3.84. The summed E-state index contributed by atoms with van der Waals surface area (Å²) < 4.78 is 6.54. The number of amides is 1. The summed E-state index contributed by atoms with van der Waals surface area (Å²) >= 11 is 9.42. The van der Waals surface area contributed by atoms with Crippen LogP contribution in [-0.2, 0) is 0 Å². The van der Waals surface area contributed by atoms with Gasteiger partial charge in [-0.3, -0.25) is 4.79 Å². The average Bonchev–Trinajstić information content (AvgIpc) is 2.42. The summed E-state index contributed by atoms with van der Waals surface area (Å²) in [7, 11) is 1.55. The van der Waals surface area contributed by atoms with Gasteiger partial charge >= 0.3 is 0 Å². The third-order valence-electron chi connectivity index (χ3n) is 2.59. The van der Waals surface area contributed by atoms with E-state index in [9.17, 15) is 4.79 Å². The van der Waals surface area contributed by atoms with Gasteiger partial charge in [-0.2, -0.15) is 0 Å². The molecule has 1 amide bonds. The van der Waals surface area contributed by atoms with Crippen LogP contribution in [-0.4, -0.2) is 13.0 Å². The van der Waals surface area contributed by atoms with Gasteiger partial charge in [0, 0.05) is 23.3 Å². The highest BCUT2D eigenvalue weighted by molar-refractivity contribution is 9.10. The summed E-state index contributed by atoms with van der Waals surface area (Å²) in [5, 5.41) is 2.99. The fourth-order valence-corrected chi connectivity index (χ4v) is 2.12. The van der Waals surface area contributed by atoms with Crippen LogP contribution in [0.3, 0.4) is 0 Å². The zero-order valence-corrected chi connectivity index (χ0v) is 13.0. The lowest BCUT2D eigenvalue weighted by Gasteiger charge is -2.12. The molecule has 0 heterocycles. The molecule has 2 rings (SSSR count). The van der Waals surface area contributed by atoms with E-state index in [1.807, 2.05) is 0 Å². The second-order valence-electron chi connectivity index (χ2n) is 4.01. The van der Waals surface area contributed by atoms with Crippen molar-refractivity contribution >= 4 is 39.1 Å². The van der Waals surface area contributed by atoms with Gasteiger partial charge in [0.15, 0.2) is 0 Å². The van der Waals surface area contributed by atoms with E-state index < -0.39 is 0 Å². The number of carbonyl (C=O) groups is 1. The highest BCUT2D eigenvalue weighted by Crippen LogP contribution is 2.34. The van der Waals surface area contributed by atoms with Crippen molar-refractivity contribution in [2.24, 2.45) is 0 Å². The van der Waals surface area contributed by atoms with E-state index in [0.29, 0.717) is 27.8 Å². The number of hydrogen-bond donors (Lipinski definition) is 2. The van der Waals surface area contributed by atoms with Gasteiger partial charge in [-0.15, -0.1) is 0 Å². The number of rotatable bonds is 3. The second-order valence-corrected chi connectivity index (χ2v) is 5.33. The Labute approximate surface area is 130 Å². The van der Waals surface area contributed by atoms with Crippen LogP contribution in [0.1, 0.15) is 10.4 Å². The van der Waals surface area contributed by atoms with E-state index in [2.05, 4.69) is 21.2 Å². The van der Waals surface area contributed by atoms with Crippen LogP contribution in [0.2, 0.25) is 5.02 Å². The van der Waals surface area contributed by atoms with E-state index in [-0.39, 0.29) is 5.91 Å². The predicted molar refractivity (Wildman–Crippen MR) is 83.5 cm³/mol. The molecule has 104 valence electrons. The molecule has 6 heteroatoms. The molecular weight excluding hydrogens is 344 g/mol. The first-order valence-electron chi connectivity index (χ1n) is 5.76. The Morgan fingerprint density at radius 2 is 2.00 bits per heavy atom. The topological polar surface area (TPSA) is 64.4 Å². The number of benzene rings is 2. The molecule has 0 atom stereocenters. The van der Waals surface area contributed by atoms with Gasteiger partial charge in [0.05, 0.1) is 10.6 Å². The molecule has 0 saturated carbocycles. The van der Waals surface area contributed by atoms with Crippen LogP contribution in [0.15, 0.2) is 40.9 Å². The van der Waals surface area contributed by atoms with Crippen LogP contribution in [0.25, 0.3) is 0 Å². The average molecular weight is 356 g/mol. The zero-order valence-electron chi connectivity index (χ0n) is 10.6. The summed E-state index contributed by atoms with van der Waals surface area (Å²) in [6.07, 6.45) is 0. The Balaban J connectivity index is 2.44. The number of nitrogens with one attached hydrogen (secondary N) is 1. The standard InChI is InChI=1S/C14H12BrClN2O2/c1-18-14(19)10-4-3-9(17)7-12(10)20-13-6-8(15)2-5-11(13)16/h2-7H,17H2,1H3,(H,18,19). The van der Waals surface area contributed by atoms with Gasteiger partial charge in [-0.25, -0.2) is 0 Å². The molecule has 0 aliphatic carbocycles. The normalized spacial score (nSPS) is 10.2. The van der Waals surface area contributed by atoms with E-state index >= 15 is 0 Å². The van der Waals surface area contributed by atoms with Crippen molar-refractivity contribution in [3.8, 4) is 11.5 Å². The molecule has 0 fully saturated rings. The molecule has 0 bridgehead atoms. The smallest absolute Gasteiger partial charge is 0.254 e. The van der Waals surface area contributed by atoms with Crippen molar-refractivity contribution in [1.82, 2.24) is 5.32 Å². The molecule has 20 heavy (non-hydrogen) atoms. The zero-order chi connectivity index (χ0) is 14.7. The minimum atomic E-state index is -0.258. The number of halogens is 2. The third-order valence-corrected chi connectivity index (χ3v) is 3.40. The largest absolute Gasteiger partial charge is 0.455 e. The van der Waals surface area contributed by atoms with Gasteiger partial charge in [0.2, 0.25) is 0 Å². The Kier molecular flexibility index (Phi) is 4.52. The van der Waals surface area contributed by atoms with Gasteiger partial charge in [0.25, 0.3) is 5.91 Å². The summed E-state index contributed by atoms with van der Waals surface area (Å²) in [6.45, 7) is 0. The second kappa shape index (κ2) is 6.15. The van der Waals surface area contributed by atoms with E-state index in [4.69, 9.17) is 22.1 Å². The third kappa shape index (κ3) is 3.23. The molecule has 0 spiro atoms. The van der Waals surface area contributed by atoms with Gasteiger partial charge in [-0.05, 0) is 30.3 Å². The maximum absolute atomic E-state index is 11.8. The summed E-state index contributed by atoms with van der Waals surface area (Å²) in [4.78, 5) is 11.8. The van der Waals surface area contributed by atoms with Crippen molar-refractivity contribution < 1.29 is 9.53 Å². The molecular formula is C14H12BrClN2O2. The first-order valence-corrected chi connectivity index (χ1v) is 6.93. The van der Waals surface area contributed by atoms with Crippen LogP contribution in [0.4, 0.5) is 5.69 Å². The maximum Gasteiger partial charge on any atom is 0.254 e. The van der Waals surface area contributed by atoms with E-state index in [1.165, 1.54) is 0 Å². The van der Waals surface area contributed by atoms with Crippen LogP contribution in [0, 0.1) is 0 Å². The highest BCUT2D eigenvalue weighted by atomic mass is 79.9. The van der Waals surface area contributed by atoms with Crippen molar-refractivity contribution in [3.63, 3.8) is 0 Å². The number of ether oxygens (including phenoxy) is 1. The minimum absolute atomic E-state index is 0.258. The van der Waals surface area contributed by atoms with Crippen molar-refractivity contribution in [3.05, 3.63) is 51.5 Å². The maximum atomic E-state index is 11.8. The number of carbonyl (C=O) groups excluding carboxylic acids is 1.